The van der Waals surface area contributed by atoms with Gasteiger partial charge in [0.1, 0.15) is 0 Å². The van der Waals surface area contributed by atoms with Crippen LogP contribution in [0.3, 0.4) is 0 Å². The van der Waals surface area contributed by atoms with Crippen molar-refractivity contribution in [2.75, 3.05) is 13.2 Å². The average Bonchev–Trinajstić information content (AvgIpc) is 2.90. The van der Waals surface area contributed by atoms with Crippen LogP contribution in [0.1, 0.15) is 142 Å². The summed E-state index contributed by atoms with van der Waals surface area (Å²) in [6, 6.07) is 1.76. The fraction of sp³-hybridized carbons (Fsp3) is 0.933. The van der Waals surface area contributed by atoms with Crippen LogP contribution in [-0.2, 0) is 14.3 Å². The van der Waals surface area contributed by atoms with E-state index in [1.54, 1.807) is 38.2 Å². The summed E-state index contributed by atoms with van der Waals surface area (Å²) in [6.45, 7) is 4.25. The molecule has 35 heavy (non-hydrogen) atoms. The number of rotatable bonds is 12. The van der Waals surface area contributed by atoms with Crippen molar-refractivity contribution in [3.8, 4) is 6.07 Å². The van der Waals surface area contributed by atoms with Crippen molar-refractivity contribution in [3.63, 3.8) is 0 Å². The highest BCUT2D eigenvalue weighted by Crippen LogP contribution is 2.51. The van der Waals surface area contributed by atoms with Crippen LogP contribution in [0.15, 0.2) is 0 Å². The molecule has 0 spiro atoms. The molecule has 0 unspecified atom stereocenters. The fourth-order valence-corrected chi connectivity index (χ4v) is 6.44. The lowest BCUT2D eigenvalue weighted by Gasteiger charge is -2.46. The first kappa shape index (κ1) is 30.1. The zero-order chi connectivity index (χ0) is 25.4. The van der Waals surface area contributed by atoms with E-state index in [0.29, 0.717) is 0 Å². The van der Waals surface area contributed by atoms with Crippen molar-refractivity contribution in [2.45, 2.75) is 149 Å². The first-order valence-corrected chi connectivity index (χ1v) is 14.9. The van der Waals surface area contributed by atoms with Gasteiger partial charge < -0.3 is 14.6 Å². The van der Waals surface area contributed by atoms with E-state index in [4.69, 9.17) is 19.8 Å². The molecule has 5 nitrogen and oxygen atoms in total. The molecule has 1 N–H and O–H groups in total. The van der Waals surface area contributed by atoms with Crippen molar-refractivity contribution >= 4 is 5.97 Å². The van der Waals surface area contributed by atoms with Gasteiger partial charge in [-0.1, -0.05) is 97.3 Å². The second kappa shape index (κ2) is 16.6. The molecular formula is C30H53NO4. The summed E-state index contributed by atoms with van der Waals surface area (Å²) < 4.78 is 10.5. The zero-order valence-corrected chi connectivity index (χ0v) is 22.8. The van der Waals surface area contributed by atoms with Gasteiger partial charge in [-0.3, -0.25) is 4.79 Å². The molecule has 0 aromatic heterocycles. The quantitative estimate of drug-likeness (QED) is 0.277. The Morgan fingerprint density at radius 1 is 0.857 bits per heavy atom. The second-order valence-corrected chi connectivity index (χ2v) is 11.5. The Balaban J connectivity index is 0.000000251. The van der Waals surface area contributed by atoms with Gasteiger partial charge in [-0.25, -0.2) is 0 Å². The molecule has 3 aliphatic rings. The Kier molecular flexibility index (Phi) is 14.3. The largest absolute Gasteiger partial charge is 0.480 e. The summed E-state index contributed by atoms with van der Waals surface area (Å²) in [4.78, 5) is 10.9. The predicted molar refractivity (Wildman–Crippen MR) is 141 cm³/mol. The molecule has 0 bridgehead atoms. The lowest BCUT2D eigenvalue weighted by Crippen LogP contribution is -2.46. The summed E-state index contributed by atoms with van der Waals surface area (Å²) in [5, 5.41) is 17.7. The maximum Gasteiger partial charge on any atom is 0.328 e. The minimum absolute atomic E-state index is 0.0877. The first-order valence-electron chi connectivity index (χ1n) is 14.9. The van der Waals surface area contributed by atoms with Crippen molar-refractivity contribution in [1.82, 2.24) is 0 Å². The normalized spacial score (nSPS) is 26.8. The van der Waals surface area contributed by atoms with Crippen LogP contribution in [0.4, 0.5) is 0 Å². The number of nitrogens with zero attached hydrogens (tertiary/aromatic N) is 1. The Labute approximate surface area is 215 Å². The van der Waals surface area contributed by atoms with Gasteiger partial charge in [0.15, 0.2) is 6.29 Å². The molecule has 5 heteroatoms. The molecule has 0 amide bonds. The third-order valence-electron chi connectivity index (χ3n) is 8.80. The van der Waals surface area contributed by atoms with E-state index in [2.05, 4.69) is 13.8 Å². The highest BCUT2D eigenvalue weighted by molar-refractivity contribution is 5.78. The summed E-state index contributed by atoms with van der Waals surface area (Å²) >= 11 is 0. The van der Waals surface area contributed by atoms with Gasteiger partial charge in [0.05, 0.1) is 19.3 Å². The number of carbonyl (C=O) groups is 1. The number of carboxylic acid groups (broad SMARTS) is 1. The number of hydrogen-bond acceptors (Lipinski definition) is 4. The number of carboxylic acids is 1. The summed E-state index contributed by atoms with van der Waals surface area (Å²) in [5.74, 6) is -0.0743. The Bertz CT molecular complexity index is 608. The molecule has 0 atom stereocenters. The molecule has 2 aliphatic carbocycles. The number of aliphatic carboxylic acids is 1. The van der Waals surface area contributed by atoms with Crippen molar-refractivity contribution in [3.05, 3.63) is 0 Å². The van der Waals surface area contributed by atoms with Gasteiger partial charge in [0.2, 0.25) is 5.41 Å². The van der Waals surface area contributed by atoms with Crippen LogP contribution in [0.5, 0.6) is 0 Å². The number of nitriles is 1. The molecule has 1 aliphatic heterocycles. The van der Waals surface area contributed by atoms with Gasteiger partial charge in [-0.05, 0) is 56.3 Å². The third-order valence-corrected chi connectivity index (χ3v) is 8.80. The Hall–Kier alpha value is -1.12. The van der Waals surface area contributed by atoms with E-state index < -0.39 is 11.4 Å². The third kappa shape index (κ3) is 9.69. The fourth-order valence-electron chi connectivity index (χ4n) is 6.44. The molecule has 202 valence electrons. The monoisotopic (exact) mass is 491 g/mol. The molecule has 3 fully saturated rings. The van der Waals surface area contributed by atoms with Crippen LogP contribution in [0.2, 0.25) is 0 Å². The second-order valence-electron chi connectivity index (χ2n) is 11.5. The highest BCUT2D eigenvalue weighted by Gasteiger charge is 2.44. The van der Waals surface area contributed by atoms with Gasteiger partial charge >= 0.3 is 5.97 Å². The molecule has 1 saturated heterocycles. The van der Waals surface area contributed by atoms with Crippen LogP contribution in [-0.4, -0.2) is 30.6 Å². The molecule has 0 aromatic carbocycles. The van der Waals surface area contributed by atoms with Gasteiger partial charge in [-0.15, -0.1) is 0 Å². The van der Waals surface area contributed by atoms with E-state index in [0.717, 1.165) is 37.0 Å². The van der Waals surface area contributed by atoms with E-state index >= 15 is 0 Å². The van der Waals surface area contributed by atoms with Crippen LogP contribution < -0.4 is 0 Å². The maximum absolute atomic E-state index is 10.9. The number of ether oxygens (including phenoxy) is 2. The van der Waals surface area contributed by atoms with E-state index in [1.807, 2.05) is 0 Å². The minimum atomic E-state index is -1.53. The molecular weight excluding hydrogens is 438 g/mol. The molecule has 0 radical (unpaired) electrons. The Morgan fingerprint density at radius 3 is 2.00 bits per heavy atom. The average molecular weight is 492 g/mol. The predicted octanol–water partition coefficient (Wildman–Crippen LogP) is 8.41. The number of unbranched alkanes of at least 4 members (excludes halogenated alkanes) is 6. The van der Waals surface area contributed by atoms with Crippen molar-refractivity contribution in [1.29, 1.82) is 5.26 Å². The zero-order valence-electron chi connectivity index (χ0n) is 22.8. The smallest absolute Gasteiger partial charge is 0.328 e. The highest BCUT2D eigenvalue weighted by atomic mass is 16.7. The van der Waals surface area contributed by atoms with Crippen molar-refractivity contribution < 1.29 is 19.4 Å². The molecule has 1 heterocycles. The van der Waals surface area contributed by atoms with Gasteiger partial charge in [0.25, 0.3) is 0 Å². The summed E-state index contributed by atoms with van der Waals surface area (Å²) in [6.07, 6.45) is 28.0. The van der Waals surface area contributed by atoms with E-state index in [-0.39, 0.29) is 19.5 Å². The van der Waals surface area contributed by atoms with Crippen LogP contribution in [0, 0.1) is 28.1 Å². The topological polar surface area (TPSA) is 79.5 Å². The van der Waals surface area contributed by atoms with Gasteiger partial charge in [0, 0.05) is 0 Å². The Morgan fingerprint density at radius 2 is 1.43 bits per heavy atom. The van der Waals surface area contributed by atoms with E-state index in [9.17, 15) is 4.79 Å². The minimum Gasteiger partial charge on any atom is -0.480 e. The standard InChI is InChI=1S/C19H36.C11H17NO4/c1-2-3-4-5-10-15-19(16-11-7-12-17-19)18-13-8-6-9-14-18;1-2-3-4-5-9-15-7-11(6-12,8-16-9)10(13)14/h18H,2-17H2,1H3;9H,2-5,7-8H2,1H3,(H,13,14). The first-order chi connectivity index (χ1) is 17.0. The molecule has 3 rings (SSSR count). The summed E-state index contributed by atoms with van der Waals surface area (Å²) in [7, 11) is 0. The van der Waals surface area contributed by atoms with Crippen LogP contribution >= 0.6 is 0 Å². The van der Waals surface area contributed by atoms with Crippen molar-refractivity contribution in [2.24, 2.45) is 16.7 Å². The lowest BCUT2D eigenvalue weighted by atomic mass is 9.59. The maximum atomic E-state index is 10.9. The molecule has 2 saturated carbocycles. The number of hydrogen-bond donors (Lipinski definition) is 1. The van der Waals surface area contributed by atoms with E-state index in [1.165, 1.54) is 70.6 Å². The molecule has 0 aromatic rings. The van der Waals surface area contributed by atoms with Crippen LogP contribution in [0.25, 0.3) is 0 Å². The van der Waals surface area contributed by atoms with Gasteiger partial charge in [-0.2, -0.15) is 5.26 Å². The lowest BCUT2D eigenvalue weighted by molar-refractivity contribution is -0.224. The summed E-state index contributed by atoms with van der Waals surface area (Å²) in [5.41, 5.74) is -0.730. The SMILES string of the molecule is CCCCCC1OCC(C#N)(C(=O)O)CO1.CCCCCCCC1(C2CCCCC2)CCCCC1.